The molecule has 0 unspecified atom stereocenters. The van der Waals surface area contributed by atoms with Crippen LogP contribution in [0.1, 0.15) is 5.01 Å². The summed E-state index contributed by atoms with van der Waals surface area (Å²) in [5, 5.41) is 13.6. The summed E-state index contributed by atoms with van der Waals surface area (Å²) in [5.74, 6) is 1.98. The fourth-order valence-corrected chi connectivity index (χ4v) is 2.99. The minimum absolute atomic E-state index is 0.329. The summed E-state index contributed by atoms with van der Waals surface area (Å²) >= 11 is 1.43. The van der Waals surface area contributed by atoms with Crippen LogP contribution in [0.4, 0.5) is 0 Å². The van der Waals surface area contributed by atoms with Gasteiger partial charge < -0.3 is 9.47 Å². The van der Waals surface area contributed by atoms with Crippen molar-refractivity contribution in [2.45, 2.75) is 6.61 Å². The predicted molar refractivity (Wildman–Crippen MR) is 89.2 cm³/mol. The second-order valence-corrected chi connectivity index (χ2v) is 5.91. The number of aromatic nitrogens is 5. The molecule has 0 N–H and O–H groups in total. The first-order chi connectivity index (χ1) is 11.8. The van der Waals surface area contributed by atoms with E-state index in [-0.39, 0.29) is 0 Å². The van der Waals surface area contributed by atoms with Gasteiger partial charge in [0, 0.05) is 6.20 Å². The molecular formula is C16H13N5O2S. The molecule has 1 aromatic carbocycles. The lowest BCUT2D eigenvalue weighted by Crippen LogP contribution is -1.99. The van der Waals surface area contributed by atoms with E-state index in [2.05, 4.69) is 20.3 Å². The first-order valence-corrected chi connectivity index (χ1v) is 8.05. The van der Waals surface area contributed by atoms with Gasteiger partial charge in [0.2, 0.25) is 10.8 Å². The average Bonchev–Trinajstić information content (AvgIpc) is 3.21. The monoisotopic (exact) mass is 339 g/mol. The summed E-state index contributed by atoms with van der Waals surface area (Å²) in [4.78, 5) is 4.99. The molecule has 0 spiro atoms. The van der Waals surface area contributed by atoms with Crippen LogP contribution in [0.15, 0.2) is 48.7 Å². The first-order valence-electron chi connectivity index (χ1n) is 7.23. The molecule has 0 saturated carbocycles. The molecule has 3 aromatic heterocycles. The van der Waals surface area contributed by atoms with Gasteiger partial charge in [0.15, 0.2) is 16.5 Å². The van der Waals surface area contributed by atoms with Crippen LogP contribution in [0.5, 0.6) is 11.5 Å². The number of fused-ring (bicyclic) bond motifs is 1. The van der Waals surface area contributed by atoms with Gasteiger partial charge in [0.1, 0.15) is 12.3 Å². The van der Waals surface area contributed by atoms with Gasteiger partial charge in [0.25, 0.3) is 0 Å². The van der Waals surface area contributed by atoms with Crippen molar-refractivity contribution in [1.29, 1.82) is 0 Å². The minimum Gasteiger partial charge on any atom is -0.493 e. The Kier molecular flexibility index (Phi) is 3.80. The minimum atomic E-state index is 0.329. The zero-order chi connectivity index (χ0) is 16.4. The largest absolute Gasteiger partial charge is 0.493 e. The van der Waals surface area contributed by atoms with Gasteiger partial charge in [-0.05, 0) is 24.3 Å². The molecule has 24 heavy (non-hydrogen) atoms. The van der Waals surface area contributed by atoms with E-state index in [0.29, 0.717) is 28.9 Å². The topological polar surface area (TPSA) is 74.4 Å². The molecule has 3 heterocycles. The molecule has 8 heteroatoms. The lowest BCUT2D eigenvalue weighted by atomic mass is 10.3. The molecule has 0 bridgehead atoms. The molecule has 0 aliphatic carbocycles. The van der Waals surface area contributed by atoms with Crippen molar-refractivity contribution in [3.05, 3.63) is 53.7 Å². The predicted octanol–water partition coefficient (Wildman–Crippen LogP) is 2.84. The van der Waals surface area contributed by atoms with E-state index in [4.69, 9.17) is 9.47 Å². The van der Waals surface area contributed by atoms with Crippen molar-refractivity contribution in [1.82, 2.24) is 24.8 Å². The number of hydrogen-bond donors (Lipinski definition) is 0. The van der Waals surface area contributed by atoms with Crippen LogP contribution in [-0.2, 0) is 6.61 Å². The van der Waals surface area contributed by atoms with E-state index >= 15 is 0 Å². The normalized spacial score (nSPS) is 10.9. The fraction of sp³-hybridized carbons (Fsp3) is 0.125. The van der Waals surface area contributed by atoms with Crippen molar-refractivity contribution < 1.29 is 9.47 Å². The Hall–Kier alpha value is -3.00. The second kappa shape index (κ2) is 6.25. The van der Waals surface area contributed by atoms with E-state index in [1.165, 1.54) is 11.3 Å². The molecule has 0 aliphatic heterocycles. The average molecular weight is 339 g/mol. The van der Waals surface area contributed by atoms with Crippen LogP contribution in [0, 0.1) is 0 Å². The van der Waals surface area contributed by atoms with E-state index in [1.54, 1.807) is 17.8 Å². The molecule has 0 fully saturated rings. The Morgan fingerprint density at radius 2 is 1.88 bits per heavy atom. The zero-order valence-electron chi connectivity index (χ0n) is 12.8. The Labute approximate surface area is 141 Å². The van der Waals surface area contributed by atoms with Crippen molar-refractivity contribution in [2.75, 3.05) is 7.11 Å². The maximum Gasteiger partial charge on any atom is 0.235 e. The van der Waals surface area contributed by atoms with Gasteiger partial charge >= 0.3 is 0 Å². The van der Waals surface area contributed by atoms with Crippen molar-refractivity contribution in [3.63, 3.8) is 0 Å². The lowest BCUT2D eigenvalue weighted by molar-refractivity contribution is 0.283. The third-order valence-electron chi connectivity index (χ3n) is 3.35. The second-order valence-electron chi connectivity index (χ2n) is 4.87. The number of methoxy groups -OCH3 is 1. The fourth-order valence-electron chi connectivity index (χ4n) is 2.25. The number of nitrogens with zero attached hydrogens (tertiary/aromatic N) is 5. The molecule has 120 valence electrons. The van der Waals surface area contributed by atoms with Crippen LogP contribution in [0.25, 0.3) is 16.5 Å². The summed E-state index contributed by atoms with van der Waals surface area (Å²) in [6.45, 7) is 0.329. The van der Waals surface area contributed by atoms with Gasteiger partial charge in [-0.15, -0.1) is 10.2 Å². The third kappa shape index (κ3) is 2.67. The standard InChI is InChI=1S/C16H13N5O2S/c1-22-12-7-2-3-8-13(12)23-10-14-20-21-15(18-19-16(21)24-14)11-6-4-5-9-17-11/h2-9H,10H2,1H3. The highest BCUT2D eigenvalue weighted by Crippen LogP contribution is 2.27. The van der Waals surface area contributed by atoms with Gasteiger partial charge in [0.05, 0.1) is 7.11 Å². The number of benzene rings is 1. The van der Waals surface area contributed by atoms with Gasteiger partial charge in [-0.1, -0.05) is 29.5 Å². The summed E-state index contributed by atoms with van der Waals surface area (Å²) in [6.07, 6.45) is 1.72. The van der Waals surface area contributed by atoms with Gasteiger partial charge in [-0.3, -0.25) is 4.98 Å². The molecule has 0 atom stereocenters. The van der Waals surface area contributed by atoms with Crippen LogP contribution < -0.4 is 9.47 Å². The zero-order valence-corrected chi connectivity index (χ0v) is 13.6. The molecule has 4 rings (SSSR count). The highest BCUT2D eigenvalue weighted by molar-refractivity contribution is 7.16. The van der Waals surface area contributed by atoms with Crippen LogP contribution in [0.3, 0.4) is 0 Å². The highest BCUT2D eigenvalue weighted by atomic mass is 32.1. The van der Waals surface area contributed by atoms with Crippen molar-refractivity contribution in [3.8, 4) is 23.0 Å². The van der Waals surface area contributed by atoms with Gasteiger partial charge in [-0.25, -0.2) is 0 Å². The number of pyridine rings is 1. The molecule has 0 saturated heterocycles. The number of ether oxygens (including phenoxy) is 2. The van der Waals surface area contributed by atoms with E-state index in [9.17, 15) is 0 Å². The summed E-state index contributed by atoms with van der Waals surface area (Å²) in [7, 11) is 1.62. The van der Waals surface area contributed by atoms with Crippen molar-refractivity contribution >= 4 is 16.3 Å². The summed E-state index contributed by atoms with van der Waals surface area (Å²) in [5.41, 5.74) is 0.729. The van der Waals surface area contributed by atoms with E-state index in [0.717, 1.165) is 10.7 Å². The van der Waals surface area contributed by atoms with Crippen molar-refractivity contribution in [2.24, 2.45) is 0 Å². The van der Waals surface area contributed by atoms with Crippen LogP contribution in [0.2, 0.25) is 0 Å². The maximum atomic E-state index is 5.80. The molecule has 4 aromatic rings. The maximum absolute atomic E-state index is 5.80. The molecule has 0 aliphatic rings. The SMILES string of the molecule is COc1ccccc1OCc1nn2c(-c3ccccn3)nnc2s1. The summed E-state index contributed by atoms with van der Waals surface area (Å²) in [6, 6.07) is 13.1. The number of para-hydroxylation sites is 2. The highest BCUT2D eigenvalue weighted by Gasteiger charge is 2.14. The van der Waals surface area contributed by atoms with Gasteiger partial charge in [-0.2, -0.15) is 9.61 Å². The third-order valence-corrected chi connectivity index (χ3v) is 4.22. The Morgan fingerprint density at radius 1 is 1.04 bits per heavy atom. The molecule has 7 nitrogen and oxygen atoms in total. The van der Waals surface area contributed by atoms with E-state index < -0.39 is 0 Å². The molecule has 0 radical (unpaired) electrons. The lowest BCUT2D eigenvalue weighted by Gasteiger charge is -2.08. The van der Waals surface area contributed by atoms with Crippen LogP contribution >= 0.6 is 11.3 Å². The quantitative estimate of drug-likeness (QED) is 0.557. The smallest absolute Gasteiger partial charge is 0.235 e. The number of rotatable bonds is 5. The number of hydrogen-bond acceptors (Lipinski definition) is 7. The van der Waals surface area contributed by atoms with Crippen LogP contribution in [-0.4, -0.2) is 31.9 Å². The summed E-state index contributed by atoms with van der Waals surface area (Å²) < 4.78 is 12.8. The van der Waals surface area contributed by atoms with E-state index in [1.807, 2.05) is 42.5 Å². The first kappa shape index (κ1) is 14.6. The molecular weight excluding hydrogens is 326 g/mol. The Morgan fingerprint density at radius 3 is 2.67 bits per heavy atom. The Balaban J connectivity index is 1.59. The Bertz CT molecular complexity index is 967. The molecule has 0 amide bonds.